The molecule has 1 aliphatic heterocycles. The van der Waals surface area contributed by atoms with Crippen LogP contribution in [-0.4, -0.2) is 18.2 Å². The molecule has 1 heterocycles. The van der Waals surface area contributed by atoms with Gasteiger partial charge in [0.25, 0.3) is 0 Å². The second-order valence-electron chi connectivity index (χ2n) is 6.31. The van der Waals surface area contributed by atoms with E-state index in [-0.39, 0.29) is 29.3 Å². The van der Waals surface area contributed by atoms with Gasteiger partial charge in [0, 0.05) is 24.3 Å². The number of rotatable bonds is 3. The Bertz CT molecular complexity index is 488. The normalized spacial score (nSPS) is 23.6. The molecule has 2 unspecified atom stereocenters. The Morgan fingerprint density at radius 3 is 2.65 bits per heavy atom. The molecule has 20 heavy (non-hydrogen) atoms. The Kier molecular flexibility index (Phi) is 4.45. The summed E-state index contributed by atoms with van der Waals surface area (Å²) in [5.41, 5.74) is 0.565. The van der Waals surface area contributed by atoms with Crippen molar-refractivity contribution in [2.45, 2.75) is 58.2 Å². The molecule has 0 saturated carbocycles. The summed E-state index contributed by atoms with van der Waals surface area (Å²) < 4.78 is 33.2. The Morgan fingerprint density at radius 2 is 2.00 bits per heavy atom. The molecule has 0 aromatic heterocycles. The zero-order chi connectivity index (χ0) is 14.9. The van der Waals surface area contributed by atoms with Crippen molar-refractivity contribution in [1.29, 1.82) is 0 Å². The fourth-order valence-electron chi connectivity index (χ4n) is 2.81. The smallest absolute Gasteiger partial charge is 0.128 e. The van der Waals surface area contributed by atoms with Gasteiger partial charge in [0.2, 0.25) is 0 Å². The standard InChI is InChI=1S/C16H23F2NO/c1-10-7-15(18)13(8-14(10)17)11(2)19-12-5-6-20-16(3,4)9-12/h7-8,11-12,19H,5-6,9H2,1-4H3. The quantitative estimate of drug-likeness (QED) is 0.909. The molecule has 1 saturated heterocycles. The van der Waals surface area contributed by atoms with Crippen molar-refractivity contribution in [3.8, 4) is 0 Å². The van der Waals surface area contributed by atoms with Gasteiger partial charge < -0.3 is 10.1 Å². The summed E-state index contributed by atoms with van der Waals surface area (Å²) in [6.07, 6.45) is 1.76. The van der Waals surface area contributed by atoms with Gasteiger partial charge in [0.15, 0.2) is 0 Å². The van der Waals surface area contributed by atoms with Crippen molar-refractivity contribution >= 4 is 0 Å². The molecule has 1 fully saturated rings. The van der Waals surface area contributed by atoms with Gasteiger partial charge in [-0.3, -0.25) is 0 Å². The highest BCUT2D eigenvalue weighted by molar-refractivity contribution is 5.27. The number of hydrogen-bond donors (Lipinski definition) is 1. The van der Waals surface area contributed by atoms with Gasteiger partial charge in [-0.05, 0) is 58.2 Å². The third-order valence-corrected chi connectivity index (χ3v) is 3.93. The molecule has 1 aromatic carbocycles. The Morgan fingerprint density at radius 1 is 1.30 bits per heavy atom. The monoisotopic (exact) mass is 283 g/mol. The lowest BCUT2D eigenvalue weighted by Crippen LogP contribution is -2.44. The van der Waals surface area contributed by atoms with Crippen LogP contribution >= 0.6 is 0 Å². The van der Waals surface area contributed by atoms with Crippen LogP contribution in [0.2, 0.25) is 0 Å². The number of halogens is 2. The molecule has 1 N–H and O–H groups in total. The molecular weight excluding hydrogens is 260 g/mol. The Labute approximate surface area is 119 Å². The maximum absolute atomic E-state index is 14.0. The predicted octanol–water partition coefficient (Wildman–Crippen LogP) is 3.88. The maximum Gasteiger partial charge on any atom is 0.128 e. The van der Waals surface area contributed by atoms with Gasteiger partial charge in [-0.2, -0.15) is 0 Å². The molecule has 4 heteroatoms. The van der Waals surface area contributed by atoms with E-state index < -0.39 is 0 Å². The molecule has 0 radical (unpaired) electrons. The van der Waals surface area contributed by atoms with Crippen LogP contribution in [0.1, 0.15) is 50.8 Å². The minimum atomic E-state index is -0.359. The predicted molar refractivity (Wildman–Crippen MR) is 75.7 cm³/mol. The van der Waals surface area contributed by atoms with Crippen LogP contribution in [0.25, 0.3) is 0 Å². The minimum Gasteiger partial charge on any atom is -0.375 e. The number of ether oxygens (including phenoxy) is 1. The van der Waals surface area contributed by atoms with Crippen molar-refractivity contribution in [2.24, 2.45) is 0 Å². The molecular formula is C16H23F2NO. The first-order chi connectivity index (χ1) is 9.28. The van der Waals surface area contributed by atoms with Gasteiger partial charge in [-0.15, -0.1) is 0 Å². The Hall–Kier alpha value is -1.00. The van der Waals surface area contributed by atoms with Crippen LogP contribution in [0, 0.1) is 18.6 Å². The van der Waals surface area contributed by atoms with Crippen molar-refractivity contribution < 1.29 is 13.5 Å². The summed E-state index contributed by atoms with van der Waals surface area (Å²) in [6, 6.07) is 2.60. The van der Waals surface area contributed by atoms with Gasteiger partial charge in [0.1, 0.15) is 11.6 Å². The first-order valence-electron chi connectivity index (χ1n) is 7.14. The number of hydrogen-bond acceptors (Lipinski definition) is 2. The fraction of sp³-hybridized carbons (Fsp3) is 0.625. The third-order valence-electron chi connectivity index (χ3n) is 3.93. The van der Waals surface area contributed by atoms with E-state index in [1.54, 1.807) is 6.92 Å². The molecule has 2 atom stereocenters. The average molecular weight is 283 g/mol. The summed E-state index contributed by atoms with van der Waals surface area (Å²) >= 11 is 0. The van der Waals surface area contributed by atoms with E-state index in [4.69, 9.17) is 4.74 Å². The highest BCUT2D eigenvalue weighted by atomic mass is 19.1. The molecule has 0 spiro atoms. The van der Waals surface area contributed by atoms with Crippen LogP contribution in [0.15, 0.2) is 12.1 Å². The van der Waals surface area contributed by atoms with Crippen LogP contribution in [0.3, 0.4) is 0 Å². The van der Waals surface area contributed by atoms with Crippen molar-refractivity contribution in [1.82, 2.24) is 5.32 Å². The highest BCUT2D eigenvalue weighted by Gasteiger charge is 2.30. The first-order valence-corrected chi connectivity index (χ1v) is 7.14. The minimum absolute atomic E-state index is 0.160. The fourth-order valence-corrected chi connectivity index (χ4v) is 2.81. The molecule has 112 valence electrons. The zero-order valence-corrected chi connectivity index (χ0v) is 12.6. The summed E-state index contributed by atoms with van der Waals surface area (Å²) in [5.74, 6) is -0.711. The zero-order valence-electron chi connectivity index (χ0n) is 12.6. The van der Waals surface area contributed by atoms with E-state index in [9.17, 15) is 8.78 Å². The van der Waals surface area contributed by atoms with Crippen LogP contribution < -0.4 is 5.32 Å². The number of aryl methyl sites for hydroxylation is 1. The largest absolute Gasteiger partial charge is 0.375 e. The van der Waals surface area contributed by atoms with Gasteiger partial charge in [0.05, 0.1) is 5.60 Å². The maximum atomic E-state index is 14.0. The van der Waals surface area contributed by atoms with Gasteiger partial charge in [-0.25, -0.2) is 8.78 Å². The lowest BCUT2D eigenvalue weighted by Gasteiger charge is -2.37. The van der Waals surface area contributed by atoms with Crippen LogP contribution in [0.5, 0.6) is 0 Å². The van der Waals surface area contributed by atoms with E-state index in [1.807, 2.05) is 6.92 Å². The first kappa shape index (κ1) is 15.4. The van der Waals surface area contributed by atoms with Crippen LogP contribution in [0.4, 0.5) is 8.78 Å². The number of nitrogens with one attached hydrogen (secondary N) is 1. The third kappa shape index (κ3) is 3.55. The lowest BCUT2D eigenvalue weighted by molar-refractivity contribution is -0.0640. The SMILES string of the molecule is Cc1cc(F)c(C(C)NC2CCOC(C)(C)C2)cc1F. The second kappa shape index (κ2) is 5.78. The van der Waals surface area contributed by atoms with E-state index in [2.05, 4.69) is 19.2 Å². The molecule has 0 aliphatic carbocycles. The molecule has 2 nitrogen and oxygen atoms in total. The summed E-state index contributed by atoms with van der Waals surface area (Å²) in [4.78, 5) is 0. The summed E-state index contributed by atoms with van der Waals surface area (Å²) in [6.45, 7) is 8.24. The second-order valence-corrected chi connectivity index (χ2v) is 6.31. The van der Waals surface area contributed by atoms with Crippen molar-refractivity contribution in [3.63, 3.8) is 0 Å². The lowest BCUT2D eigenvalue weighted by atomic mass is 9.92. The van der Waals surface area contributed by atoms with Crippen LogP contribution in [-0.2, 0) is 4.74 Å². The molecule has 2 rings (SSSR count). The van der Waals surface area contributed by atoms with Crippen molar-refractivity contribution in [3.05, 3.63) is 34.9 Å². The topological polar surface area (TPSA) is 21.3 Å². The van der Waals surface area contributed by atoms with Crippen molar-refractivity contribution in [2.75, 3.05) is 6.61 Å². The van der Waals surface area contributed by atoms with E-state index in [0.717, 1.165) is 12.8 Å². The highest BCUT2D eigenvalue weighted by Crippen LogP contribution is 2.27. The van der Waals surface area contributed by atoms with Gasteiger partial charge >= 0.3 is 0 Å². The summed E-state index contributed by atoms with van der Waals surface area (Å²) in [7, 11) is 0. The average Bonchev–Trinajstić information content (AvgIpc) is 2.32. The van der Waals surface area contributed by atoms with E-state index in [1.165, 1.54) is 12.1 Å². The molecule has 1 aromatic rings. The van der Waals surface area contributed by atoms with Gasteiger partial charge in [-0.1, -0.05) is 0 Å². The molecule has 1 aliphatic rings. The van der Waals surface area contributed by atoms with E-state index in [0.29, 0.717) is 17.7 Å². The van der Waals surface area contributed by atoms with E-state index >= 15 is 0 Å². The Balaban J connectivity index is 2.08. The number of benzene rings is 1. The molecule has 0 bridgehead atoms. The summed E-state index contributed by atoms with van der Waals surface area (Å²) in [5, 5.41) is 3.39. The molecule has 0 amide bonds.